The highest BCUT2D eigenvalue weighted by Gasteiger charge is 2.05. The van der Waals surface area contributed by atoms with E-state index in [-0.39, 0.29) is 5.69 Å². The molecule has 0 aliphatic heterocycles. The lowest BCUT2D eigenvalue weighted by Gasteiger charge is -1.92. The normalized spacial score (nSPS) is 9.55. The van der Waals surface area contributed by atoms with E-state index in [0.717, 1.165) is 4.68 Å². The predicted octanol–water partition coefficient (Wildman–Crippen LogP) is -1.80. The molecule has 0 saturated carbocycles. The van der Waals surface area contributed by atoms with E-state index in [1.807, 2.05) is 0 Å². The molecule has 2 N–H and O–H groups in total. The highest BCUT2D eigenvalue weighted by molar-refractivity contribution is 5.72. The van der Waals surface area contributed by atoms with Crippen molar-refractivity contribution in [3.05, 3.63) is 28.4 Å². The molecule has 0 saturated heterocycles. The smallest absolute Gasteiger partial charge is 0.298 e. The molecule has 0 spiro atoms. The summed E-state index contributed by atoms with van der Waals surface area (Å²) in [4.78, 5) is 21.2. The van der Waals surface area contributed by atoms with Gasteiger partial charge in [0, 0.05) is 0 Å². The molecule has 0 aliphatic rings. The van der Waals surface area contributed by atoms with E-state index in [9.17, 15) is 9.59 Å². The summed E-state index contributed by atoms with van der Waals surface area (Å²) in [5.74, 6) is 5.22. The molecule has 1 heterocycles. The molecular formula is C6H8N3O2+. The summed E-state index contributed by atoms with van der Waals surface area (Å²) in [6, 6.07) is 0. The van der Waals surface area contributed by atoms with Crippen LogP contribution in [0.5, 0.6) is 0 Å². The molecule has 0 amide bonds. The van der Waals surface area contributed by atoms with Gasteiger partial charge in [0.05, 0.1) is 12.6 Å². The van der Waals surface area contributed by atoms with Gasteiger partial charge in [0.2, 0.25) is 0 Å². The molecule has 1 rings (SSSR count). The Labute approximate surface area is 62.7 Å². The topological polar surface area (TPSA) is 69.0 Å². The van der Waals surface area contributed by atoms with Gasteiger partial charge in [-0.2, -0.15) is 9.36 Å². The van der Waals surface area contributed by atoms with Gasteiger partial charge >= 0.3 is 5.69 Å². The average molecular weight is 154 g/mol. The summed E-state index contributed by atoms with van der Waals surface area (Å²) in [5.41, 5.74) is 0.00481. The minimum Gasteiger partial charge on any atom is -0.298 e. The quantitative estimate of drug-likeness (QED) is 0.295. The lowest BCUT2D eigenvalue weighted by Crippen LogP contribution is -2.53. The van der Waals surface area contributed by atoms with Crippen molar-refractivity contribution in [3.8, 4) is 0 Å². The van der Waals surface area contributed by atoms with Crippen molar-refractivity contribution < 1.29 is 9.36 Å². The van der Waals surface area contributed by atoms with Crippen molar-refractivity contribution >= 4 is 6.29 Å². The monoisotopic (exact) mass is 154 g/mol. The second kappa shape index (κ2) is 2.53. The Balaban J connectivity index is 3.43. The number of nitrogens with zero attached hydrogens (tertiary/aromatic N) is 2. The number of hydrogen-bond donors (Lipinski definition) is 1. The number of nitrogen functional groups attached to an aromatic ring is 1. The van der Waals surface area contributed by atoms with E-state index in [4.69, 9.17) is 5.84 Å². The van der Waals surface area contributed by atoms with Crippen LogP contribution in [0, 0.1) is 0 Å². The molecule has 0 radical (unpaired) electrons. The Bertz CT molecular complexity index is 316. The molecule has 0 unspecified atom stereocenters. The third-order valence-electron chi connectivity index (χ3n) is 1.29. The Hall–Kier alpha value is -1.65. The summed E-state index contributed by atoms with van der Waals surface area (Å²) in [7, 11) is 1.53. The Morgan fingerprint density at radius 2 is 2.36 bits per heavy atom. The van der Waals surface area contributed by atoms with Gasteiger partial charge in [-0.1, -0.05) is 4.68 Å². The second-order valence-electron chi connectivity index (χ2n) is 2.18. The highest BCUT2D eigenvalue weighted by Crippen LogP contribution is 1.81. The summed E-state index contributed by atoms with van der Waals surface area (Å²) >= 11 is 0. The molecule has 5 nitrogen and oxygen atoms in total. The molecule has 1 aromatic rings. The molecule has 11 heavy (non-hydrogen) atoms. The fourth-order valence-corrected chi connectivity index (χ4v) is 0.771. The first-order valence-corrected chi connectivity index (χ1v) is 2.97. The van der Waals surface area contributed by atoms with Gasteiger partial charge in [-0.3, -0.25) is 10.6 Å². The maximum Gasteiger partial charge on any atom is 0.520 e. The molecule has 1 aromatic heterocycles. The maximum atomic E-state index is 10.9. The van der Waals surface area contributed by atoms with Crippen LogP contribution in [0.3, 0.4) is 0 Å². The number of aldehydes is 1. The van der Waals surface area contributed by atoms with E-state index in [0.29, 0.717) is 11.8 Å². The van der Waals surface area contributed by atoms with Crippen LogP contribution in [0.1, 0.15) is 10.4 Å². The van der Waals surface area contributed by atoms with E-state index < -0.39 is 0 Å². The summed E-state index contributed by atoms with van der Waals surface area (Å²) < 4.78 is 2.10. The van der Waals surface area contributed by atoms with Crippen molar-refractivity contribution in [2.45, 2.75) is 0 Å². The van der Waals surface area contributed by atoms with Crippen molar-refractivity contribution in [3.63, 3.8) is 0 Å². The van der Waals surface area contributed by atoms with Crippen molar-refractivity contribution in [2.24, 2.45) is 7.05 Å². The third kappa shape index (κ3) is 1.26. The maximum absolute atomic E-state index is 10.9. The molecule has 0 atom stereocenters. The zero-order chi connectivity index (χ0) is 8.43. The number of hydrogen-bond acceptors (Lipinski definition) is 3. The number of carbonyl (C=O) groups is 1. The van der Waals surface area contributed by atoms with E-state index in [1.165, 1.54) is 24.0 Å². The summed E-state index contributed by atoms with van der Waals surface area (Å²) in [6.07, 6.45) is 3.32. The van der Waals surface area contributed by atoms with Crippen LogP contribution in [0.2, 0.25) is 0 Å². The molecule has 0 fully saturated rings. The van der Waals surface area contributed by atoms with Crippen LogP contribution in [0.15, 0.2) is 17.2 Å². The van der Waals surface area contributed by atoms with Crippen LogP contribution >= 0.6 is 0 Å². The number of aryl methyl sites for hydroxylation is 1. The fraction of sp³-hybridized carbons (Fsp3) is 0.167. The van der Waals surface area contributed by atoms with Gasteiger partial charge in [0.1, 0.15) is 12.4 Å². The Morgan fingerprint density at radius 1 is 1.73 bits per heavy atom. The Kier molecular flexibility index (Phi) is 1.72. The van der Waals surface area contributed by atoms with Crippen LogP contribution in [-0.4, -0.2) is 11.0 Å². The number of aromatic nitrogens is 2. The molecular weight excluding hydrogens is 146 g/mol. The van der Waals surface area contributed by atoms with Crippen molar-refractivity contribution in [2.75, 3.05) is 5.84 Å². The lowest BCUT2D eigenvalue weighted by molar-refractivity contribution is -0.690. The van der Waals surface area contributed by atoms with Crippen LogP contribution in [-0.2, 0) is 7.05 Å². The lowest BCUT2D eigenvalue weighted by atomic mass is 10.4. The second-order valence-corrected chi connectivity index (χ2v) is 2.18. The average Bonchev–Trinajstić information content (AvgIpc) is 1.99. The summed E-state index contributed by atoms with van der Waals surface area (Å²) in [5, 5.41) is 0. The van der Waals surface area contributed by atoms with Gasteiger partial charge in [0.25, 0.3) is 0 Å². The van der Waals surface area contributed by atoms with Gasteiger partial charge in [0.15, 0.2) is 6.29 Å². The van der Waals surface area contributed by atoms with Gasteiger partial charge in [-0.05, 0) is 0 Å². The molecule has 0 aliphatic carbocycles. The van der Waals surface area contributed by atoms with Crippen molar-refractivity contribution in [1.29, 1.82) is 0 Å². The predicted molar refractivity (Wildman–Crippen MR) is 37.4 cm³/mol. The van der Waals surface area contributed by atoms with E-state index in [2.05, 4.69) is 0 Å². The van der Waals surface area contributed by atoms with Gasteiger partial charge < -0.3 is 0 Å². The van der Waals surface area contributed by atoms with E-state index in [1.54, 1.807) is 0 Å². The molecule has 58 valence electrons. The van der Waals surface area contributed by atoms with Crippen LogP contribution in [0.25, 0.3) is 0 Å². The standard InChI is InChI=1S/C6H8N3O2/c1-8-2-5(4-10)3-9(7)6(8)11/h2-4H,7H2,1H3/q+1. The minimum absolute atomic E-state index is 0.365. The van der Waals surface area contributed by atoms with E-state index >= 15 is 0 Å². The zero-order valence-corrected chi connectivity index (χ0v) is 6.02. The first kappa shape index (κ1) is 7.46. The first-order chi connectivity index (χ1) is 5.15. The number of nitrogens with two attached hydrogens (primary N) is 1. The Morgan fingerprint density at radius 3 is 2.82 bits per heavy atom. The molecule has 0 aromatic carbocycles. The number of carbonyl (C=O) groups excluding carboxylic acids is 1. The number of rotatable bonds is 1. The fourth-order valence-electron chi connectivity index (χ4n) is 0.771. The zero-order valence-electron chi connectivity index (χ0n) is 6.02. The van der Waals surface area contributed by atoms with Gasteiger partial charge in [-0.25, -0.2) is 0 Å². The largest absolute Gasteiger partial charge is 0.520 e. The molecule has 0 bridgehead atoms. The third-order valence-corrected chi connectivity index (χ3v) is 1.29. The SMILES string of the molecule is C[n+]1cc(C=O)cn(N)c1=O. The van der Waals surface area contributed by atoms with Crippen LogP contribution in [0.4, 0.5) is 0 Å². The summed E-state index contributed by atoms with van der Waals surface area (Å²) in [6.45, 7) is 0. The first-order valence-electron chi connectivity index (χ1n) is 2.97. The van der Waals surface area contributed by atoms with Crippen LogP contribution < -0.4 is 16.1 Å². The minimum atomic E-state index is -0.365. The molecule has 5 heteroatoms. The van der Waals surface area contributed by atoms with Crippen molar-refractivity contribution in [1.82, 2.24) is 4.68 Å². The van der Waals surface area contributed by atoms with Gasteiger partial charge in [-0.15, -0.1) is 0 Å². The highest BCUT2D eigenvalue weighted by atomic mass is 16.2.